The monoisotopic (exact) mass is 1220 g/mol. The molecule has 0 saturated heterocycles. The number of allylic oxidation sites excluding steroid dienone is 6. The third-order valence-corrected chi connectivity index (χ3v) is 18.7. The lowest BCUT2D eigenvalue weighted by molar-refractivity contribution is -0.143. The van der Waals surface area contributed by atoms with Gasteiger partial charge in [0.15, 0.2) is 0 Å². The van der Waals surface area contributed by atoms with E-state index in [-0.39, 0.29) is 18.5 Å². The topological polar surface area (TPSA) is 95.9 Å². The van der Waals surface area contributed by atoms with Crippen LogP contribution in [0.5, 0.6) is 0 Å². The van der Waals surface area contributed by atoms with Gasteiger partial charge in [0.25, 0.3) is 0 Å². The standard InChI is InChI=1S/C81H155NO5/c1-3-5-7-9-11-13-15-16-17-18-19-20-38-41-44-47-50-54-57-61-65-69-73-79(84)78(77-83)82-80(85)74-70-66-62-58-55-51-48-45-42-39-36-34-32-30-28-26-24-22-21-23-25-27-29-31-33-35-37-40-43-46-49-52-56-60-64-68-72-76-87-81(86)75-71-67-63-59-53-14-12-10-8-6-4-2/h10,12,21,23,27,29,78-79,83-84H,3-9,11,13-20,22,24-26,28,30-77H2,1-2H3,(H,82,85)/b12-10-,23-21-,29-27-. The summed E-state index contributed by atoms with van der Waals surface area (Å²) in [6.07, 6.45) is 99.6. The predicted octanol–water partition coefficient (Wildman–Crippen LogP) is 26.2. The van der Waals surface area contributed by atoms with Crippen LogP contribution in [0.4, 0.5) is 0 Å². The van der Waals surface area contributed by atoms with E-state index in [0.717, 1.165) is 51.4 Å². The molecule has 0 aromatic rings. The molecule has 0 bridgehead atoms. The molecule has 6 heteroatoms. The minimum absolute atomic E-state index is 0.00813. The minimum Gasteiger partial charge on any atom is -0.466 e. The lowest BCUT2D eigenvalue weighted by Gasteiger charge is -2.22. The molecule has 1 amide bonds. The van der Waals surface area contributed by atoms with Crippen LogP contribution in [-0.2, 0) is 14.3 Å². The smallest absolute Gasteiger partial charge is 0.305 e. The molecule has 0 aliphatic heterocycles. The Labute approximate surface area is 544 Å². The molecule has 0 radical (unpaired) electrons. The Kier molecular flexibility index (Phi) is 74.8. The molecule has 87 heavy (non-hydrogen) atoms. The van der Waals surface area contributed by atoms with Gasteiger partial charge < -0.3 is 20.3 Å². The van der Waals surface area contributed by atoms with Crippen LogP contribution in [0.1, 0.15) is 444 Å². The van der Waals surface area contributed by atoms with Crippen molar-refractivity contribution in [2.75, 3.05) is 13.2 Å². The van der Waals surface area contributed by atoms with Gasteiger partial charge in [-0.25, -0.2) is 0 Å². The second-order valence-corrected chi connectivity index (χ2v) is 27.4. The fraction of sp³-hybridized carbons (Fsp3) is 0.901. The van der Waals surface area contributed by atoms with Crippen molar-refractivity contribution in [1.29, 1.82) is 0 Å². The SMILES string of the molecule is CCCC/C=C\CCCCCCCC(=O)OCCCCCCCCCCCCCCC/C=C\C/C=C\CCCCCCCCCCCCCCCCCCCC(=O)NC(CO)C(O)CCCCCCCCCCCCCCCCCCCCCCCC. The van der Waals surface area contributed by atoms with E-state index in [1.165, 1.54) is 360 Å². The van der Waals surface area contributed by atoms with E-state index in [9.17, 15) is 19.8 Å². The van der Waals surface area contributed by atoms with E-state index in [1.54, 1.807) is 0 Å². The number of ether oxygens (including phenoxy) is 1. The van der Waals surface area contributed by atoms with Gasteiger partial charge in [-0.15, -0.1) is 0 Å². The summed E-state index contributed by atoms with van der Waals surface area (Å²) in [6.45, 7) is 4.96. The molecule has 0 spiro atoms. The second-order valence-electron chi connectivity index (χ2n) is 27.4. The zero-order valence-electron chi connectivity index (χ0n) is 59.0. The van der Waals surface area contributed by atoms with Crippen LogP contribution in [0.15, 0.2) is 36.5 Å². The number of aliphatic hydroxyl groups excluding tert-OH is 2. The number of hydrogen-bond donors (Lipinski definition) is 3. The van der Waals surface area contributed by atoms with E-state index in [4.69, 9.17) is 4.74 Å². The lowest BCUT2D eigenvalue weighted by Crippen LogP contribution is -2.45. The molecular weight excluding hydrogens is 1070 g/mol. The third kappa shape index (κ3) is 73.0. The fourth-order valence-electron chi connectivity index (χ4n) is 12.6. The van der Waals surface area contributed by atoms with E-state index < -0.39 is 12.1 Å². The Bertz CT molecular complexity index is 1410. The minimum atomic E-state index is -0.664. The van der Waals surface area contributed by atoms with Crippen LogP contribution >= 0.6 is 0 Å². The van der Waals surface area contributed by atoms with E-state index in [1.807, 2.05) is 0 Å². The first-order valence-electron chi connectivity index (χ1n) is 39.7. The number of hydrogen-bond acceptors (Lipinski definition) is 5. The van der Waals surface area contributed by atoms with Gasteiger partial charge in [-0.2, -0.15) is 0 Å². The largest absolute Gasteiger partial charge is 0.466 e. The number of amides is 1. The highest BCUT2D eigenvalue weighted by atomic mass is 16.5. The number of carbonyl (C=O) groups excluding carboxylic acids is 2. The Balaban J connectivity index is 3.37. The highest BCUT2D eigenvalue weighted by Gasteiger charge is 2.20. The molecule has 6 nitrogen and oxygen atoms in total. The van der Waals surface area contributed by atoms with Crippen molar-refractivity contribution in [3.8, 4) is 0 Å². The zero-order chi connectivity index (χ0) is 62.8. The molecule has 0 aromatic carbocycles. The summed E-state index contributed by atoms with van der Waals surface area (Å²) in [5.41, 5.74) is 0. The van der Waals surface area contributed by atoms with Crippen molar-refractivity contribution >= 4 is 11.9 Å². The average Bonchev–Trinajstić information content (AvgIpc) is 3.53. The highest BCUT2D eigenvalue weighted by molar-refractivity contribution is 5.76. The van der Waals surface area contributed by atoms with Gasteiger partial charge >= 0.3 is 5.97 Å². The average molecular weight is 1220 g/mol. The lowest BCUT2D eigenvalue weighted by atomic mass is 10.0. The van der Waals surface area contributed by atoms with Gasteiger partial charge in [0.1, 0.15) is 0 Å². The summed E-state index contributed by atoms with van der Waals surface area (Å²) in [5.74, 6) is -0.0189. The van der Waals surface area contributed by atoms with Crippen molar-refractivity contribution in [2.24, 2.45) is 0 Å². The van der Waals surface area contributed by atoms with Crippen LogP contribution in [-0.4, -0.2) is 47.4 Å². The summed E-state index contributed by atoms with van der Waals surface area (Å²) >= 11 is 0. The van der Waals surface area contributed by atoms with Gasteiger partial charge in [-0.05, 0) is 77.0 Å². The Morgan fingerprint density at radius 2 is 0.586 bits per heavy atom. The first-order chi connectivity index (χ1) is 43.0. The molecule has 0 heterocycles. The van der Waals surface area contributed by atoms with Crippen LogP contribution in [0.3, 0.4) is 0 Å². The van der Waals surface area contributed by atoms with Crippen LogP contribution in [0.2, 0.25) is 0 Å². The molecular formula is C81H155NO5. The first kappa shape index (κ1) is 85.1. The van der Waals surface area contributed by atoms with Gasteiger partial charge in [-0.3, -0.25) is 9.59 Å². The predicted molar refractivity (Wildman–Crippen MR) is 384 cm³/mol. The van der Waals surface area contributed by atoms with Gasteiger partial charge in [-0.1, -0.05) is 391 Å². The van der Waals surface area contributed by atoms with Crippen molar-refractivity contribution in [2.45, 2.75) is 456 Å². The molecule has 2 atom stereocenters. The Morgan fingerprint density at radius 1 is 0.322 bits per heavy atom. The number of aliphatic hydroxyl groups is 2. The molecule has 2 unspecified atom stereocenters. The molecule has 0 aromatic heterocycles. The zero-order valence-corrected chi connectivity index (χ0v) is 59.0. The molecule has 3 N–H and O–H groups in total. The van der Waals surface area contributed by atoms with E-state index in [0.29, 0.717) is 25.9 Å². The Hall–Kier alpha value is -1.92. The van der Waals surface area contributed by atoms with Crippen molar-refractivity contribution in [3.05, 3.63) is 36.5 Å². The molecule has 0 aliphatic carbocycles. The van der Waals surface area contributed by atoms with Crippen molar-refractivity contribution in [3.63, 3.8) is 0 Å². The summed E-state index contributed by atoms with van der Waals surface area (Å²) in [4.78, 5) is 24.6. The van der Waals surface area contributed by atoms with Crippen LogP contribution in [0, 0.1) is 0 Å². The maximum atomic E-state index is 12.6. The molecule has 0 rings (SSSR count). The van der Waals surface area contributed by atoms with Crippen molar-refractivity contribution < 1.29 is 24.5 Å². The van der Waals surface area contributed by atoms with Gasteiger partial charge in [0.2, 0.25) is 5.91 Å². The molecule has 0 saturated carbocycles. The molecule has 514 valence electrons. The summed E-state index contributed by atoms with van der Waals surface area (Å²) < 4.78 is 5.47. The molecule has 0 aliphatic rings. The number of nitrogens with one attached hydrogen (secondary N) is 1. The van der Waals surface area contributed by atoms with E-state index in [2.05, 4.69) is 55.6 Å². The van der Waals surface area contributed by atoms with Crippen LogP contribution in [0.25, 0.3) is 0 Å². The first-order valence-corrected chi connectivity index (χ1v) is 39.7. The fourth-order valence-corrected chi connectivity index (χ4v) is 12.6. The normalized spacial score (nSPS) is 12.6. The maximum absolute atomic E-state index is 12.6. The summed E-state index contributed by atoms with van der Waals surface area (Å²) in [5, 5.41) is 23.5. The highest BCUT2D eigenvalue weighted by Crippen LogP contribution is 2.20. The van der Waals surface area contributed by atoms with Crippen LogP contribution < -0.4 is 5.32 Å². The third-order valence-electron chi connectivity index (χ3n) is 18.7. The Morgan fingerprint density at radius 3 is 0.920 bits per heavy atom. The number of carbonyl (C=O) groups is 2. The summed E-state index contributed by atoms with van der Waals surface area (Å²) in [7, 11) is 0. The second kappa shape index (κ2) is 76.5. The quantitative estimate of drug-likeness (QED) is 0.0320. The summed E-state index contributed by atoms with van der Waals surface area (Å²) in [6, 6.07) is -0.541. The molecule has 0 fully saturated rings. The number of unbranched alkanes of at least 4 members (excludes halogenated alkanes) is 58. The van der Waals surface area contributed by atoms with Gasteiger partial charge in [0, 0.05) is 12.8 Å². The maximum Gasteiger partial charge on any atom is 0.305 e. The van der Waals surface area contributed by atoms with Gasteiger partial charge in [0.05, 0.1) is 25.4 Å². The number of rotatable bonds is 75. The van der Waals surface area contributed by atoms with Crippen molar-refractivity contribution in [1.82, 2.24) is 5.32 Å². The number of esters is 1. The van der Waals surface area contributed by atoms with E-state index >= 15 is 0 Å².